The Morgan fingerprint density at radius 3 is 2.79 bits per heavy atom. The Morgan fingerprint density at radius 2 is 2.18 bits per heavy atom. The molecule has 0 amide bonds. The third kappa shape index (κ3) is 4.43. The first-order valence-corrected chi connectivity index (χ1v) is 12.1. The van der Waals surface area contributed by atoms with Crippen LogP contribution in [0.4, 0.5) is 5.69 Å². The number of hydrogen-bond acceptors (Lipinski definition) is 8. The van der Waals surface area contributed by atoms with Crippen LogP contribution < -0.4 is 10.1 Å². The van der Waals surface area contributed by atoms with Gasteiger partial charge in [0, 0.05) is 29.4 Å². The van der Waals surface area contributed by atoms with Gasteiger partial charge in [0.2, 0.25) is 0 Å². The first-order chi connectivity index (χ1) is 15.6. The van der Waals surface area contributed by atoms with Crippen molar-refractivity contribution < 1.29 is 29.4 Å². The SMILES string of the molecule is Cc1cc(OC[C@@H]2[C@H]3CC[C@H](C4(C(C)C)NC(C(=O)O)=CS4)O[C@H]3C[C@H]2O)ccc1[N+](=O)[O-]. The van der Waals surface area contributed by atoms with Crippen LogP contribution in [0.25, 0.3) is 0 Å². The summed E-state index contributed by atoms with van der Waals surface area (Å²) >= 11 is 1.47. The Hall–Kier alpha value is -2.30. The van der Waals surface area contributed by atoms with Crippen LogP contribution in [0, 0.1) is 34.8 Å². The van der Waals surface area contributed by atoms with Crippen LogP contribution in [-0.2, 0) is 9.53 Å². The number of hydrogen-bond donors (Lipinski definition) is 3. The summed E-state index contributed by atoms with van der Waals surface area (Å²) in [5, 5.41) is 36.0. The Kier molecular flexibility index (Phi) is 6.61. The third-order valence-electron chi connectivity index (χ3n) is 7.17. The van der Waals surface area contributed by atoms with Crippen molar-refractivity contribution in [2.75, 3.05) is 6.61 Å². The minimum absolute atomic E-state index is 0.0491. The van der Waals surface area contributed by atoms with E-state index in [2.05, 4.69) is 19.2 Å². The van der Waals surface area contributed by atoms with Crippen LogP contribution in [0.2, 0.25) is 0 Å². The summed E-state index contributed by atoms with van der Waals surface area (Å²) in [6.07, 6.45) is 1.23. The molecule has 1 saturated carbocycles. The molecule has 3 aliphatic rings. The molecule has 1 aliphatic carbocycles. The summed E-state index contributed by atoms with van der Waals surface area (Å²) in [7, 11) is 0. The number of fused-ring (bicyclic) bond motifs is 1. The second-order valence-electron chi connectivity index (χ2n) is 9.42. The van der Waals surface area contributed by atoms with Gasteiger partial charge in [-0.2, -0.15) is 0 Å². The van der Waals surface area contributed by atoms with Gasteiger partial charge in [0.1, 0.15) is 16.3 Å². The highest BCUT2D eigenvalue weighted by atomic mass is 32.2. The van der Waals surface area contributed by atoms with Gasteiger partial charge in [-0.1, -0.05) is 13.8 Å². The molecule has 0 bridgehead atoms. The molecule has 33 heavy (non-hydrogen) atoms. The molecule has 1 aromatic carbocycles. The van der Waals surface area contributed by atoms with Crippen LogP contribution >= 0.6 is 11.8 Å². The molecule has 180 valence electrons. The van der Waals surface area contributed by atoms with Crippen LogP contribution in [0.5, 0.6) is 5.75 Å². The topological polar surface area (TPSA) is 131 Å². The van der Waals surface area contributed by atoms with Crippen molar-refractivity contribution in [1.29, 1.82) is 0 Å². The lowest BCUT2D eigenvalue weighted by molar-refractivity contribution is -0.385. The van der Waals surface area contributed by atoms with Gasteiger partial charge in [-0.25, -0.2) is 4.79 Å². The fraction of sp³-hybridized carbons (Fsp3) is 0.609. The van der Waals surface area contributed by atoms with E-state index >= 15 is 0 Å². The summed E-state index contributed by atoms with van der Waals surface area (Å²) in [4.78, 5) is 21.5. The minimum Gasteiger partial charge on any atom is -0.493 e. The highest BCUT2D eigenvalue weighted by Crippen LogP contribution is 2.49. The van der Waals surface area contributed by atoms with Crippen LogP contribution in [-0.4, -0.2) is 50.9 Å². The summed E-state index contributed by atoms with van der Waals surface area (Å²) in [5.74, 6) is -0.265. The van der Waals surface area contributed by atoms with Gasteiger partial charge in [0.25, 0.3) is 5.69 Å². The molecule has 2 heterocycles. The summed E-state index contributed by atoms with van der Waals surface area (Å²) in [5.41, 5.74) is 0.768. The number of rotatable bonds is 7. The maximum absolute atomic E-state index is 11.5. The molecule has 1 aromatic rings. The van der Waals surface area contributed by atoms with Crippen LogP contribution in [0.15, 0.2) is 29.3 Å². The van der Waals surface area contributed by atoms with Gasteiger partial charge >= 0.3 is 5.97 Å². The van der Waals surface area contributed by atoms with Gasteiger partial charge in [-0.05, 0) is 43.7 Å². The second kappa shape index (κ2) is 9.15. The monoisotopic (exact) mass is 478 g/mol. The Labute approximate surface area is 196 Å². The van der Waals surface area contributed by atoms with Gasteiger partial charge in [-0.3, -0.25) is 10.1 Å². The first-order valence-electron chi connectivity index (χ1n) is 11.2. The van der Waals surface area contributed by atoms with Crippen molar-refractivity contribution in [3.63, 3.8) is 0 Å². The van der Waals surface area contributed by atoms with E-state index in [1.54, 1.807) is 24.5 Å². The smallest absolute Gasteiger partial charge is 0.352 e. The quantitative estimate of drug-likeness (QED) is 0.398. The molecule has 9 nitrogen and oxygen atoms in total. The Balaban J connectivity index is 1.41. The molecule has 0 aromatic heterocycles. The van der Waals surface area contributed by atoms with Crippen LogP contribution in [0.1, 0.15) is 38.7 Å². The molecular formula is C23H30N2O7S. The highest BCUT2D eigenvalue weighted by molar-refractivity contribution is 8.03. The number of nitrogens with one attached hydrogen (secondary N) is 1. The third-order valence-corrected chi connectivity index (χ3v) is 8.75. The fourth-order valence-corrected chi connectivity index (χ4v) is 6.57. The number of aliphatic carboxylic acids is 1. The summed E-state index contributed by atoms with van der Waals surface area (Å²) in [6, 6.07) is 4.66. The zero-order valence-electron chi connectivity index (χ0n) is 18.9. The number of nitro groups is 1. The van der Waals surface area contributed by atoms with Crippen molar-refractivity contribution >= 4 is 23.4 Å². The molecule has 1 saturated heterocycles. The Bertz CT molecular complexity index is 968. The number of benzene rings is 1. The maximum atomic E-state index is 11.5. The molecule has 0 radical (unpaired) electrons. The zero-order chi connectivity index (χ0) is 23.9. The number of aliphatic hydroxyl groups is 1. The van der Waals surface area contributed by atoms with Crippen molar-refractivity contribution in [2.45, 2.75) is 63.2 Å². The van der Waals surface area contributed by atoms with Gasteiger partial charge in [0.05, 0.1) is 29.8 Å². The number of thioether (sulfide) groups is 1. The lowest BCUT2D eigenvalue weighted by Gasteiger charge is -2.46. The highest BCUT2D eigenvalue weighted by Gasteiger charge is 2.54. The van der Waals surface area contributed by atoms with E-state index in [0.29, 0.717) is 24.3 Å². The van der Waals surface area contributed by atoms with Crippen molar-refractivity contribution in [3.05, 3.63) is 45.0 Å². The molecule has 0 spiro atoms. The van der Waals surface area contributed by atoms with Crippen LogP contribution in [0.3, 0.4) is 0 Å². The first kappa shape index (κ1) is 23.8. The molecule has 2 aliphatic heterocycles. The van der Waals surface area contributed by atoms with E-state index < -0.39 is 21.9 Å². The number of nitro benzene ring substituents is 1. The number of carbonyl (C=O) groups is 1. The van der Waals surface area contributed by atoms with E-state index in [-0.39, 0.29) is 41.3 Å². The number of carboxylic acid groups (broad SMARTS) is 1. The minimum atomic E-state index is -0.978. The zero-order valence-corrected chi connectivity index (χ0v) is 19.7. The van der Waals surface area contributed by atoms with E-state index in [1.165, 1.54) is 17.8 Å². The predicted octanol–water partition coefficient (Wildman–Crippen LogP) is 3.44. The summed E-state index contributed by atoms with van der Waals surface area (Å²) in [6.45, 7) is 6.09. The van der Waals surface area contributed by atoms with Gasteiger partial charge in [-0.15, -0.1) is 11.8 Å². The lowest BCUT2D eigenvalue weighted by Crippen LogP contribution is -2.57. The summed E-state index contributed by atoms with van der Waals surface area (Å²) < 4.78 is 12.4. The number of aliphatic hydroxyl groups excluding tert-OH is 1. The van der Waals surface area contributed by atoms with Crippen molar-refractivity contribution in [1.82, 2.24) is 5.32 Å². The molecule has 6 atom stereocenters. The molecule has 1 unspecified atom stereocenters. The maximum Gasteiger partial charge on any atom is 0.352 e. The van der Waals surface area contributed by atoms with E-state index in [4.69, 9.17) is 9.47 Å². The molecular weight excluding hydrogens is 448 g/mol. The molecule has 10 heteroatoms. The number of aryl methyl sites for hydroxylation is 1. The second-order valence-corrected chi connectivity index (χ2v) is 10.6. The number of nitrogens with zero attached hydrogens (tertiary/aromatic N) is 1. The molecule has 2 fully saturated rings. The van der Waals surface area contributed by atoms with Crippen molar-refractivity contribution in [3.8, 4) is 5.75 Å². The van der Waals surface area contributed by atoms with Gasteiger partial charge < -0.3 is 25.0 Å². The fourth-order valence-electron chi connectivity index (χ4n) is 5.33. The van der Waals surface area contributed by atoms with E-state index in [0.717, 1.165) is 12.8 Å². The molecule has 3 N–H and O–H groups in total. The predicted molar refractivity (Wildman–Crippen MR) is 123 cm³/mol. The van der Waals surface area contributed by atoms with Crippen molar-refractivity contribution in [2.24, 2.45) is 17.8 Å². The average molecular weight is 479 g/mol. The normalized spacial score (nSPS) is 33.4. The van der Waals surface area contributed by atoms with Gasteiger partial charge in [0.15, 0.2) is 0 Å². The number of ether oxygens (including phenoxy) is 2. The largest absolute Gasteiger partial charge is 0.493 e. The van der Waals surface area contributed by atoms with E-state index in [1.807, 2.05) is 0 Å². The Morgan fingerprint density at radius 1 is 1.42 bits per heavy atom. The number of carboxylic acids is 1. The van der Waals surface area contributed by atoms with E-state index in [9.17, 15) is 25.1 Å². The molecule has 4 rings (SSSR count). The average Bonchev–Trinajstić information content (AvgIpc) is 3.34. The lowest BCUT2D eigenvalue weighted by atomic mass is 9.83. The standard InChI is InChI=1S/C23H30N2O7S/c1-12(2)23(24-17(11-33-23)22(27)28)21-7-5-15-16(19(26)9-20(15)32-21)10-31-14-4-6-18(25(29)30)13(3)8-14/h4,6,8,11-12,15-16,19-21,24,26H,5,7,9-10H2,1-3H3,(H,27,28)/t15-,16-,19-,20+,21-,23?/m1/s1.